The first-order valence-corrected chi connectivity index (χ1v) is 10.9. The molecule has 158 valence electrons. The second kappa shape index (κ2) is 8.24. The van der Waals surface area contributed by atoms with Crippen LogP contribution in [0, 0.1) is 0 Å². The van der Waals surface area contributed by atoms with E-state index in [4.69, 9.17) is 16.3 Å². The first-order chi connectivity index (χ1) is 14.8. The molecule has 3 aromatic heterocycles. The lowest BCUT2D eigenvalue weighted by Gasteiger charge is -2.35. The first-order valence-electron chi connectivity index (χ1n) is 9.61. The molecule has 1 atom stereocenters. The Kier molecular flexibility index (Phi) is 5.64. The summed E-state index contributed by atoms with van der Waals surface area (Å²) >= 11 is 7.43. The minimum atomic E-state index is -0.559. The van der Waals surface area contributed by atoms with E-state index in [1.54, 1.807) is 12.3 Å². The van der Waals surface area contributed by atoms with Gasteiger partial charge in [-0.05, 0) is 43.8 Å². The summed E-state index contributed by atoms with van der Waals surface area (Å²) in [5, 5.41) is 3.11. The highest BCUT2D eigenvalue weighted by Gasteiger charge is 2.39. The van der Waals surface area contributed by atoms with Gasteiger partial charge in [0.2, 0.25) is 0 Å². The number of thiophene rings is 1. The summed E-state index contributed by atoms with van der Waals surface area (Å²) in [6, 6.07) is 6.86. The fraction of sp³-hybridized carbons (Fsp3) is 0.217. The van der Waals surface area contributed by atoms with Crippen LogP contribution in [0.4, 0.5) is 0 Å². The molecule has 31 heavy (non-hydrogen) atoms. The standard InChI is InChI=1S/C23H20ClN3O3S/c1-12-19(14(3)28)21(17-11-31-22-16(17)6-5-8-26-22)20(13(2)27(12)4)23(29)30-15-7-9-25-18(24)10-15/h5-11,21H,1-4H3. The van der Waals surface area contributed by atoms with Gasteiger partial charge in [-0.1, -0.05) is 17.7 Å². The van der Waals surface area contributed by atoms with Gasteiger partial charge in [0.1, 0.15) is 15.7 Å². The van der Waals surface area contributed by atoms with E-state index in [2.05, 4.69) is 9.97 Å². The van der Waals surface area contributed by atoms with Crippen LogP contribution in [0.15, 0.2) is 64.6 Å². The van der Waals surface area contributed by atoms with E-state index in [0.717, 1.165) is 27.2 Å². The maximum atomic E-state index is 13.4. The van der Waals surface area contributed by atoms with E-state index < -0.39 is 11.9 Å². The third-order valence-corrected chi connectivity index (χ3v) is 6.69. The number of hydrogen-bond donors (Lipinski definition) is 0. The molecule has 1 aliphatic heterocycles. The molecule has 0 bridgehead atoms. The van der Waals surface area contributed by atoms with Gasteiger partial charge in [0.15, 0.2) is 5.78 Å². The number of ether oxygens (including phenoxy) is 1. The van der Waals surface area contributed by atoms with E-state index in [1.165, 1.54) is 30.5 Å². The number of pyridine rings is 2. The zero-order valence-electron chi connectivity index (χ0n) is 17.5. The van der Waals surface area contributed by atoms with Gasteiger partial charge in [0.25, 0.3) is 0 Å². The van der Waals surface area contributed by atoms with E-state index in [1.807, 2.05) is 43.3 Å². The minimum absolute atomic E-state index is 0.0951. The number of esters is 1. The molecule has 0 radical (unpaired) electrons. The first kappa shape index (κ1) is 21.2. The number of carbonyl (C=O) groups excluding carboxylic acids is 2. The van der Waals surface area contributed by atoms with Crippen LogP contribution in [-0.2, 0) is 9.59 Å². The van der Waals surface area contributed by atoms with Crippen LogP contribution in [0.1, 0.15) is 32.3 Å². The summed E-state index contributed by atoms with van der Waals surface area (Å²) < 4.78 is 5.66. The second-order valence-electron chi connectivity index (χ2n) is 7.30. The number of hydrogen-bond acceptors (Lipinski definition) is 7. The fourth-order valence-corrected chi connectivity index (χ4v) is 5.03. The number of aromatic nitrogens is 2. The van der Waals surface area contributed by atoms with Crippen LogP contribution >= 0.6 is 22.9 Å². The zero-order chi connectivity index (χ0) is 22.3. The zero-order valence-corrected chi connectivity index (χ0v) is 19.0. The van der Waals surface area contributed by atoms with Crippen molar-refractivity contribution in [1.29, 1.82) is 0 Å². The van der Waals surface area contributed by atoms with Crippen molar-refractivity contribution >= 4 is 44.9 Å². The molecule has 3 aromatic rings. The van der Waals surface area contributed by atoms with Crippen molar-refractivity contribution in [1.82, 2.24) is 14.9 Å². The molecular weight excluding hydrogens is 434 g/mol. The molecule has 4 heterocycles. The Hall–Kier alpha value is -3.03. The quantitative estimate of drug-likeness (QED) is 0.403. The summed E-state index contributed by atoms with van der Waals surface area (Å²) in [6.07, 6.45) is 3.20. The Morgan fingerprint density at radius 1 is 1.13 bits per heavy atom. The number of fused-ring (bicyclic) bond motifs is 1. The summed E-state index contributed by atoms with van der Waals surface area (Å²) in [6.45, 7) is 5.28. The van der Waals surface area contributed by atoms with Gasteiger partial charge in [0.05, 0.1) is 5.57 Å². The van der Waals surface area contributed by atoms with Gasteiger partial charge in [0, 0.05) is 53.8 Å². The van der Waals surface area contributed by atoms with Crippen LogP contribution < -0.4 is 4.74 Å². The van der Waals surface area contributed by atoms with Crippen molar-refractivity contribution in [3.63, 3.8) is 0 Å². The summed E-state index contributed by atoms with van der Waals surface area (Å²) in [5.74, 6) is -0.899. The number of allylic oxidation sites excluding steroid dienone is 3. The molecular formula is C23H20ClN3O3S. The Morgan fingerprint density at radius 2 is 1.87 bits per heavy atom. The van der Waals surface area contributed by atoms with Crippen LogP contribution in [0.2, 0.25) is 5.15 Å². The van der Waals surface area contributed by atoms with Crippen molar-refractivity contribution < 1.29 is 14.3 Å². The van der Waals surface area contributed by atoms with Crippen LogP contribution in [-0.4, -0.2) is 33.7 Å². The molecule has 0 amide bonds. The van der Waals surface area contributed by atoms with Gasteiger partial charge in [-0.25, -0.2) is 14.8 Å². The molecule has 1 unspecified atom stereocenters. The highest BCUT2D eigenvalue weighted by atomic mass is 35.5. The van der Waals surface area contributed by atoms with Gasteiger partial charge in [-0.3, -0.25) is 4.79 Å². The number of rotatable bonds is 4. The molecule has 0 spiro atoms. The van der Waals surface area contributed by atoms with Gasteiger partial charge < -0.3 is 9.64 Å². The lowest BCUT2D eigenvalue weighted by atomic mass is 9.78. The minimum Gasteiger partial charge on any atom is -0.423 e. The van der Waals surface area contributed by atoms with Gasteiger partial charge in [-0.2, -0.15) is 0 Å². The summed E-state index contributed by atoms with van der Waals surface area (Å²) in [7, 11) is 1.84. The third kappa shape index (κ3) is 3.75. The Labute approximate surface area is 188 Å². The highest BCUT2D eigenvalue weighted by Crippen LogP contribution is 2.45. The largest absolute Gasteiger partial charge is 0.423 e. The van der Waals surface area contributed by atoms with Crippen molar-refractivity contribution in [3.05, 3.63) is 75.3 Å². The highest BCUT2D eigenvalue weighted by molar-refractivity contribution is 7.16. The lowest BCUT2D eigenvalue weighted by Crippen LogP contribution is -2.33. The number of Topliss-reactive ketones (excluding diaryl/α,β-unsaturated/α-hetero) is 1. The van der Waals surface area contributed by atoms with Crippen molar-refractivity contribution in [2.24, 2.45) is 0 Å². The number of halogens is 1. The SMILES string of the molecule is CC(=O)C1=C(C)N(C)C(C)=C(C(=O)Oc2ccnc(Cl)c2)C1c1csc2ncccc12. The van der Waals surface area contributed by atoms with Crippen molar-refractivity contribution in [2.45, 2.75) is 26.7 Å². The Morgan fingerprint density at radius 3 is 2.58 bits per heavy atom. The van der Waals surface area contributed by atoms with Crippen molar-refractivity contribution in [3.8, 4) is 5.75 Å². The smallest absolute Gasteiger partial charge is 0.342 e. The molecule has 0 aliphatic carbocycles. The van der Waals surface area contributed by atoms with Gasteiger partial charge in [-0.15, -0.1) is 11.3 Å². The average molecular weight is 454 g/mol. The predicted molar refractivity (Wildman–Crippen MR) is 121 cm³/mol. The Balaban J connectivity index is 1.89. The van der Waals surface area contributed by atoms with Crippen LogP contribution in [0.5, 0.6) is 5.75 Å². The fourth-order valence-electron chi connectivity index (χ4n) is 3.93. The molecule has 0 aromatic carbocycles. The van der Waals surface area contributed by atoms with Gasteiger partial charge >= 0.3 is 5.97 Å². The maximum absolute atomic E-state index is 13.4. The monoisotopic (exact) mass is 453 g/mol. The summed E-state index contributed by atoms with van der Waals surface area (Å²) in [4.78, 5) is 37.3. The van der Waals surface area contributed by atoms with E-state index in [9.17, 15) is 9.59 Å². The predicted octanol–water partition coefficient (Wildman–Crippen LogP) is 5.12. The molecule has 4 rings (SSSR count). The van der Waals surface area contributed by atoms with E-state index >= 15 is 0 Å². The molecule has 0 saturated heterocycles. The summed E-state index contributed by atoms with van der Waals surface area (Å²) in [5.41, 5.74) is 3.37. The molecule has 0 saturated carbocycles. The molecule has 0 fully saturated rings. The Bertz CT molecular complexity index is 1280. The molecule has 0 N–H and O–H groups in total. The van der Waals surface area contributed by atoms with Crippen molar-refractivity contribution in [2.75, 3.05) is 7.05 Å². The topological polar surface area (TPSA) is 72.4 Å². The normalized spacial score (nSPS) is 16.8. The molecule has 8 heteroatoms. The number of ketones is 1. The van der Waals surface area contributed by atoms with Crippen LogP contribution in [0.25, 0.3) is 10.2 Å². The molecule has 6 nitrogen and oxygen atoms in total. The molecule has 1 aliphatic rings. The number of carbonyl (C=O) groups is 2. The average Bonchev–Trinajstić information content (AvgIpc) is 3.15. The number of nitrogens with zero attached hydrogens (tertiary/aromatic N) is 3. The maximum Gasteiger partial charge on any atom is 0.342 e. The third-order valence-electron chi connectivity index (χ3n) is 5.56. The lowest BCUT2D eigenvalue weighted by molar-refractivity contribution is -0.130. The second-order valence-corrected chi connectivity index (χ2v) is 8.54. The van der Waals surface area contributed by atoms with E-state index in [-0.39, 0.29) is 10.9 Å². The van der Waals surface area contributed by atoms with Crippen LogP contribution in [0.3, 0.4) is 0 Å². The van der Waals surface area contributed by atoms with E-state index in [0.29, 0.717) is 16.9 Å².